The second kappa shape index (κ2) is 6.37. The minimum Gasteiger partial charge on any atom is -0.489 e. The Balaban J connectivity index is 1.94. The maximum absolute atomic E-state index is 9.59. The highest BCUT2D eigenvalue weighted by molar-refractivity contribution is 5.90. The maximum atomic E-state index is 9.59. The van der Waals surface area contributed by atoms with Gasteiger partial charge in [-0.05, 0) is 54.7 Å². The lowest BCUT2D eigenvalue weighted by Crippen LogP contribution is -2.23. The third kappa shape index (κ3) is 2.93. The van der Waals surface area contributed by atoms with E-state index in [0.29, 0.717) is 17.9 Å². The summed E-state index contributed by atoms with van der Waals surface area (Å²) >= 11 is 0. The molecule has 0 atom stereocenters. The number of benzene rings is 2. The van der Waals surface area contributed by atoms with Gasteiger partial charge < -0.3 is 10.5 Å². The van der Waals surface area contributed by atoms with E-state index in [0.717, 1.165) is 35.1 Å². The van der Waals surface area contributed by atoms with Gasteiger partial charge >= 0.3 is 0 Å². The minimum atomic E-state index is 0.235. The molecule has 114 valence electrons. The van der Waals surface area contributed by atoms with Crippen LogP contribution in [-0.2, 0) is 6.54 Å². The fourth-order valence-electron chi connectivity index (χ4n) is 3.21. The van der Waals surface area contributed by atoms with E-state index < -0.39 is 0 Å². The van der Waals surface area contributed by atoms with Gasteiger partial charge in [-0.25, -0.2) is 0 Å². The van der Waals surface area contributed by atoms with E-state index in [2.05, 4.69) is 13.0 Å². The summed E-state index contributed by atoms with van der Waals surface area (Å²) in [6.07, 6.45) is 4.80. The Bertz CT molecular complexity index is 709. The highest BCUT2D eigenvalue weighted by Gasteiger charge is 2.21. The van der Waals surface area contributed by atoms with Crippen LogP contribution in [0.25, 0.3) is 10.8 Å². The standard InChI is InChI=1S/C19H22N2O/c1-13-2-7-16(8-3-13)22-19-9-6-15-5-4-14(11-20)10-17(15)18(19)12-21/h4-6,9-10,13,16H,2-3,7-8,11,20H2,1H3. The van der Waals surface area contributed by atoms with Gasteiger partial charge in [0.25, 0.3) is 0 Å². The Morgan fingerprint density at radius 1 is 1.18 bits per heavy atom. The molecule has 2 aromatic carbocycles. The fraction of sp³-hybridized carbons (Fsp3) is 0.421. The number of rotatable bonds is 3. The molecule has 2 N–H and O–H groups in total. The van der Waals surface area contributed by atoms with Crippen LogP contribution in [0.3, 0.4) is 0 Å². The van der Waals surface area contributed by atoms with Crippen LogP contribution in [-0.4, -0.2) is 6.10 Å². The second-order valence-electron chi connectivity index (χ2n) is 6.31. The lowest BCUT2D eigenvalue weighted by molar-refractivity contribution is 0.135. The minimum absolute atomic E-state index is 0.235. The molecule has 0 heterocycles. The van der Waals surface area contributed by atoms with Gasteiger partial charge in [-0.2, -0.15) is 5.26 Å². The average molecular weight is 294 g/mol. The van der Waals surface area contributed by atoms with E-state index in [-0.39, 0.29) is 6.10 Å². The summed E-state index contributed by atoms with van der Waals surface area (Å²) in [5.41, 5.74) is 7.38. The summed E-state index contributed by atoms with van der Waals surface area (Å²) in [7, 11) is 0. The number of hydrogen-bond donors (Lipinski definition) is 1. The molecule has 0 unspecified atom stereocenters. The number of nitriles is 1. The summed E-state index contributed by atoms with van der Waals surface area (Å²) in [5, 5.41) is 11.6. The van der Waals surface area contributed by atoms with Crippen LogP contribution in [0.2, 0.25) is 0 Å². The van der Waals surface area contributed by atoms with Gasteiger partial charge in [0.15, 0.2) is 0 Å². The molecule has 0 aliphatic heterocycles. The molecule has 1 aliphatic carbocycles. The van der Waals surface area contributed by atoms with Gasteiger partial charge in [-0.3, -0.25) is 0 Å². The summed E-state index contributed by atoms with van der Waals surface area (Å²) in [6, 6.07) is 12.3. The molecule has 3 nitrogen and oxygen atoms in total. The summed E-state index contributed by atoms with van der Waals surface area (Å²) in [4.78, 5) is 0. The van der Waals surface area contributed by atoms with Crippen LogP contribution in [0.5, 0.6) is 5.75 Å². The molecule has 0 amide bonds. The van der Waals surface area contributed by atoms with Gasteiger partial charge in [-0.1, -0.05) is 25.1 Å². The molecule has 2 aromatic rings. The van der Waals surface area contributed by atoms with E-state index in [9.17, 15) is 5.26 Å². The van der Waals surface area contributed by atoms with Crippen molar-refractivity contribution in [2.75, 3.05) is 0 Å². The van der Waals surface area contributed by atoms with Crippen LogP contribution in [0.15, 0.2) is 30.3 Å². The number of nitrogens with zero attached hydrogens (tertiary/aromatic N) is 1. The van der Waals surface area contributed by atoms with E-state index in [4.69, 9.17) is 10.5 Å². The van der Waals surface area contributed by atoms with E-state index >= 15 is 0 Å². The first-order chi connectivity index (χ1) is 10.7. The maximum Gasteiger partial charge on any atom is 0.138 e. The molecule has 0 bridgehead atoms. The number of ether oxygens (including phenoxy) is 1. The molecule has 0 aromatic heterocycles. The van der Waals surface area contributed by atoms with Gasteiger partial charge in [0, 0.05) is 11.9 Å². The van der Waals surface area contributed by atoms with Crippen molar-refractivity contribution in [2.24, 2.45) is 11.7 Å². The topological polar surface area (TPSA) is 59.0 Å². The lowest BCUT2D eigenvalue weighted by atomic mass is 9.89. The van der Waals surface area contributed by atoms with Crippen molar-refractivity contribution >= 4 is 10.8 Å². The predicted molar refractivity (Wildman–Crippen MR) is 88.6 cm³/mol. The molecular weight excluding hydrogens is 272 g/mol. The first-order valence-electron chi connectivity index (χ1n) is 8.03. The monoisotopic (exact) mass is 294 g/mol. The Labute approximate surface area is 131 Å². The summed E-state index contributed by atoms with van der Waals surface area (Å²) in [6.45, 7) is 2.77. The Hall–Kier alpha value is -2.05. The van der Waals surface area contributed by atoms with E-state index in [1.807, 2.05) is 30.3 Å². The quantitative estimate of drug-likeness (QED) is 0.926. The van der Waals surface area contributed by atoms with Crippen LogP contribution < -0.4 is 10.5 Å². The molecule has 0 saturated heterocycles. The van der Waals surface area contributed by atoms with Crippen molar-refractivity contribution in [1.29, 1.82) is 5.26 Å². The molecular formula is C19H22N2O. The van der Waals surface area contributed by atoms with Crippen LogP contribution in [0.1, 0.15) is 43.7 Å². The third-order valence-electron chi connectivity index (χ3n) is 4.65. The highest BCUT2D eigenvalue weighted by Crippen LogP contribution is 2.32. The average Bonchev–Trinajstić information content (AvgIpc) is 2.56. The third-order valence-corrected chi connectivity index (χ3v) is 4.65. The smallest absolute Gasteiger partial charge is 0.138 e. The normalized spacial score (nSPS) is 21.5. The molecule has 3 heteroatoms. The number of nitrogens with two attached hydrogens (primary N) is 1. The van der Waals surface area contributed by atoms with Crippen molar-refractivity contribution in [3.05, 3.63) is 41.5 Å². The van der Waals surface area contributed by atoms with Crippen molar-refractivity contribution < 1.29 is 4.74 Å². The van der Waals surface area contributed by atoms with Crippen molar-refractivity contribution in [3.63, 3.8) is 0 Å². The predicted octanol–water partition coefficient (Wildman–Crippen LogP) is 4.13. The number of hydrogen-bond acceptors (Lipinski definition) is 3. The van der Waals surface area contributed by atoms with Gasteiger partial charge in [0.05, 0.1) is 6.10 Å². The first kappa shape index (κ1) is 14.9. The molecule has 0 spiro atoms. The van der Waals surface area contributed by atoms with Gasteiger partial charge in [-0.15, -0.1) is 0 Å². The molecule has 0 radical (unpaired) electrons. The molecule has 3 rings (SSSR count). The lowest BCUT2D eigenvalue weighted by Gasteiger charge is -2.27. The molecule has 22 heavy (non-hydrogen) atoms. The molecule has 1 saturated carbocycles. The fourth-order valence-corrected chi connectivity index (χ4v) is 3.21. The van der Waals surface area contributed by atoms with Crippen LogP contribution in [0, 0.1) is 17.2 Å². The molecule has 1 fully saturated rings. The molecule has 1 aliphatic rings. The van der Waals surface area contributed by atoms with E-state index in [1.54, 1.807) is 0 Å². The van der Waals surface area contributed by atoms with Gasteiger partial charge in [0.1, 0.15) is 17.4 Å². The van der Waals surface area contributed by atoms with E-state index in [1.165, 1.54) is 12.8 Å². The SMILES string of the molecule is CC1CCC(Oc2ccc3ccc(CN)cc3c2C#N)CC1. The first-order valence-corrected chi connectivity index (χ1v) is 8.03. The van der Waals surface area contributed by atoms with Crippen LogP contribution >= 0.6 is 0 Å². The largest absolute Gasteiger partial charge is 0.489 e. The Kier molecular flexibility index (Phi) is 4.31. The Morgan fingerprint density at radius 2 is 1.91 bits per heavy atom. The summed E-state index contributed by atoms with van der Waals surface area (Å²) < 4.78 is 6.15. The number of fused-ring (bicyclic) bond motifs is 1. The van der Waals surface area contributed by atoms with Gasteiger partial charge in [0.2, 0.25) is 0 Å². The second-order valence-corrected chi connectivity index (χ2v) is 6.31. The van der Waals surface area contributed by atoms with Crippen molar-refractivity contribution in [1.82, 2.24) is 0 Å². The zero-order valence-corrected chi connectivity index (χ0v) is 13.0. The summed E-state index contributed by atoms with van der Waals surface area (Å²) in [5.74, 6) is 1.50. The zero-order valence-electron chi connectivity index (χ0n) is 13.0. The van der Waals surface area contributed by atoms with Crippen LogP contribution in [0.4, 0.5) is 0 Å². The van der Waals surface area contributed by atoms with Crippen molar-refractivity contribution in [3.8, 4) is 11.8 Å². The zero-order chi connectivity index (χ0) is 15.5. The Morgan fingerprint density at radius 3 is 2.59 bits per heavy atom. The van der Waals surface area contributed by atoms with Crippen molar-refractivity contribution in [2.45, 2.75) is 45.3 Å². The highest BCUT2D eigenvalue weighted by atomic mass is 16.5.